The van der Waals surface area contributed by atoms with Crippen LogP contribution < -0.4 is 20.7 Å². The van der Waals surface area contributed by atoms with E-state index in [-0.39, 0.29) is 41.5 Å². The fourth-order valence-electron chi connectivity index (χ4n) is 3.12. The van der Waals surface area contributed by atoms with Crippen molar-refractivity contribution in [1.82, 2.24) is 4.90 Å². The van der Waals surface area contributed by atoms with Gasteiger partial charge in [-0.1, -0.05) is 0 Å². The third kappa shape index (κ3) is 8.40. The minimum absolute atomic E-state index is 0. The van der Waals surface area contributed by atoms with E-state index in [1.165, 1.54) is 36.4 Å². The Balaban J connectivity index is 0.00000341. The highest BCUT2D eigenvalue weighted by Crippen LogP contribution is 2.23. The summed E-state index contributed by atoms with van der Waals surface area (Å²) in [4.78, 5) is 8.73. The van der Waals surface area contributed by atoms with Gasteiger partial charge in [0.1, 0.15) is 11.6 Å². The van der Waals surface area contributed by atoms with Crippen molar-refractivity contribution in [2.75, 3.05) is 49.5 Å². The van der Waals surface area contributed by atoms with Gasteiger partial charge in [-0.15, -0.1) is 37.1 Å². The highest BCUT2D eigenvalue weighted by molar-refractivity contribution is 14.0. The molecule has 0 saturated carbocycles. The number of halogens is 5. The van der Waals surface area contributed by atoms with Gasteiger partial charge >= 0.3 is 6.36 Å². The van der Waals surface area contributed by atoms with Crippen LogP contribution in [-0.4, -0.2) is 56.5 Å². The van der Waals surface area contributed by atoms with Gasteiger partial charge in [0.05, 0.1) is 6.54 Å². The molecule has 0 aromatic heterocycles. The molecule has 2 aromatic rings. The maximum absolute atomic E-state index is 13.0. The van der Waals surface area contributed by atoms with E-state index >= 15 is 0 Å². The molecule has 1 fully saturated rings. The second-order valence-corrected chi connectivity index (χ2v) is 6.77. The first-order chi connectivity index (χ1) is 14.3. The van der Waals surface area contributed by atoms with E-state index in [2.05, 4.69) is 24.8 Å². The van der Waals surface area contributed by atoms with Crippen molar-refractivity contribution in [3.8, 4) is 5.75 Å². The lowest BCUT2D eigenvalue weighted by Gasteiger charge is -2.35. The minimum Gasteiger partial charge on any atom is -0.406 e. The molecule has 31 heavy (non-hydrogen) atoms. The lowest BCUT2D eigenvalue weighted by atomic mass is 10.2. The van der Waals surface area contributed by atoms with Crippen molar-refractivity contribution in [2.45, 2.75) is 6.36 Å². The number of hydrogen-bond donors (Lipinski definition) is 2. The van der Waals surface area contributed by atoms with Gasteiger partial charge < -0.3 is 20.7 Å². The second kappa shape index (κ2) is 11.4. The summed E-state index contributed by atoms with van der Waals surface area (Å²) in [5, 5.41) is 2.84. The van der Waals surface area contributed by atoms with Gasteiger partial charge in [0.2, 0.25) is 0 Å². The average Bonchev–Trinajstić information content (AvgIpc) is 2.70. The summed E-state index contributed by atoms with van der Waals surface area (Å²) < 4.78 is 53.4. The van der Waals surface area contributed by atoms with Crippen LogP contribution in [0.5, 0.6) is 5.75 Å². The zero-order chi connectivity index (χ0) is 21.6. The number of anilines is 2. The molecule has 1 aliphatic rings. The van der Waals surface area contributed by atoms with E-state index in [0.717, 1.165) is 38.4 Å². The Hall–Kier alpha value is -2.28. The summed E-state index contributed by atoms with van der Waals surface area (Å²) >= 11 is 0. The van der Waals surface area contributed by atoms with Crippen molar-refractivity contribution in [1.29, 1.82) is 0 Å². The van der Waals surface area contributed by atoms with Gasteiger partial charge in [0, 0.05) is 44.1 Å². The highest BCUT2D eigenvalue weighted by atomic mass is 127. The third-order valence-electron chi connectivity index (χ3n) is 4.62. The fraction of sp³-hybridized carbons (Fsp3) is 0.350. The fourth-order valence-corrected chi connectivity index (χ4v) is 3.12. The number of nitrogens with zero attached hydrogens (tertiary/aromatic N) is 3. The van der Waals surface area contributed by atoms with Gasteiger partial charge in [0.25, 0.3) is 0 Å². The molecule has 3 N–H and O–H groups in total. The van der Waals surface area contributed by atoms with E-state index < -0.39 is 6.36 Å². The average molecular weight is 553 g/mol. The molecule has 0 aliphatic carbocycles. The van der Waals surface area contributed by atoms with Crippen LogP contribution in [-0.2, 0) is 0 Å². The van der Waals surface area contributed by atoms with Gasteiger partial charge in [-0.25, -0.2) is 4.39 Å². The number of guanidine groups is 1. The summed E-state index contributed by atoms with van der Waals surface area (Å²) in [6, 6.07) is 11.7. The molecule has 0 atom stereocenters. The summed E-state index contributed by atoms with van der Waals surface area (Å²) in [5.41, 5.74) is 7.36. The first kappa shape index (κ1) is 25.0. The van der Waals surface area contributed by atoms with Crippen molar-refractivity contribution in [3.05, 3.63) is 54.3 Å². The minimum atomic E-state index is -4.72. The Morgan fingerprint density at radius 2 is 1.61 bits per heavy atom. The van der Waals surface area contributed by atoms with Crippen LogP contribution >= 0.6 is 24.0 Å². The predicted molar refractivity (Wildman–Crippen MR) is 124 cm³/mol. The molecule has 0 bridgehead atoms. The van der Waals surface area contributed by atoms with Crippen LogP contribution in [0.1, 0.15) is 0 Å². The smallest absolute Gasteiger partial charge is 0.406 e. The summed E-state index contributed by atoms with van der Waals surface area (Å²) in [6.45, 7) is 4.63. The van der Waals surface area contributed by atoms with E-state index in [9.17, 15) is 17.6 Å². The van der Waals surface area contributed by atoms with Crippen molar-refractivity contribution < 1.29 is 22.3 Å². The van der Waals surface area contributed by atoms with Crippen molar-refractivity contribution >= 4 is 41.3 Å². The number of nitrogens with two attached hydrogens (primary N) is 1. The quantitative estimate of drug-likeness (QED) is 0.246. The monoisotopic (exact) mass is 553 g/mol. The van der Waals surface area contributed by atoms with Crippen LogP contribution in [0, 0.1) is 5.82 Å². The van der Waals surface area contributed by atoms with Crippen LogP contribution in [0.3, 0.4) is 0 Å². The molecule has 0 radical (unpaired) electrons. The first-order valence-corrected chi connectivity index (χ1v) is 9.44. The lowest BCUT2D eigenvalue weighted by Crippen LogP contribution is -2.47. The van der Waals surface area contributed by atoms with Crippen LogP contribution in [0.25, 0.3) is 0 Å². The van der Waals surface area contributed by atoms with Crippen LogP contribution in [0.2, 0.25) is 0 Å². The molecule has 1 aliphatic heterocycles. The molecule has 6 nitrogen and oxygen atoms in total. The third-order valence-corrected chi connectivity index (χ3v) is 4.62. The first-order valence-electron chi connectivity index (χ1n) is 9.44. The number of ether oxygens (including phenoxy) is 1. The molecule has 1 saturated heterocycles. The highest BCUT2D eigenvalue weighted by Gasteiger charge is 2.30. The molecular formula is C20H24F4IN5O. The number of rotatable bonds is 6. The Morgan fingerprint density at radius 3 is 2.19 bits per heavy atom. The number of nitrogens with one attached hydrogen (secondary N) is 1. The molecule has 0 spiro atoms. The van der Waals surface area contributed by atoms with E-state index in [1.807, 2.05) is 0 Å². The number of benzene rings is 2. The summed E-state index contributed by atoms with van der Waals surface area (Å²) in [5.74, 6) is -0.361. The maximum Gasteiger partial charge on any atom is 0.573 e. The SMILES string of the molecule is I.NC(=NCCN1CCN(c2ccc(F)cc2)CC1)Nc1ccc(OC(F)(F)F)cc1. The largest absolute Gasteiger partial charge is 0.573 e. The Labute approximate surface area is 195 Å². The van der Waals surface area contributed by atoms with Gasteiger partial charge in [-0.05, 0) is 48.5 Å². The molecule has 0 amide bonds. The molecule has 3 rings (SSSR count). The predicted octanol–water partition coefficient (Wildman–Crippen LogP) is 3.89. The second-order valence-electron chi connectivity index (χ2n) is 6.77. The van der Waals surface area contributed by atoms with Gasteiger partial charge in [0.15, 0.2) is 5.96 Å². The molecule has 0 unspecified atom stereocenters. The van der Waals surface area contributed by atoms with Crippen molar-refractivity contribution in [2.24, 2.45) is 10.7 Å². The normalized spacial score (nSPS) is 15.4. The Kier molecular flexibility index (Phi) is 9.16. The maximum atomic E-state index is 13.0. The molecule has 2 aromatic carbocycles. The number of alkyl halides is 3. The lowest BCUT2D eigenvalue weighted by molar-refractivity contribution is -0.274. The molecular weight excluding hydrogens is 529 g/mol. The zero-order valence-corrected chi connectivity index (χ0v) is 18.9. The Morgan fingerprint density at radius 1 is 1.00 bits per heavy atom. The molecule has 170 valence electrons. The summed E-state index contributed by atoms with van der Waals surface area (Å²) in [6.07, 6.45) is -4.72. The van der Waals surface area contributed by atoms with Gasteiger partial charge in [-0.2, -0.15) is 0 Å². The molecule has 1 heterocycles. The number of hydrogen-bond acceptors (Lipinski definition) is 4. The van der Waals surface area contributed by atoms with E-state index in [1.54, 1.807) is 12.1 Å². The zero-order valence-electron chi connectivity index (χ0n) is 16.6. The molecule has 11 heteroatoms. The van der Waals surface area contributed by atoms with Crippen molar-refractivity contribution in [3.63, 3.8) is 0 Å². The standard InChI is InChI=1S/C20H23F4N5O.HI/c21-15-1-5-17(6-2-15)29-13-11-28(12-14-29)10-9-26-19(25)27-16-3-7-18(8-4-16)30-20(22,23)24;/h1-8H,9-14H2,(H3,25,26,27);1H. The van der Waals surface area contributed by atoms with Crippen LogP contribution in [0.15, 0.2) is 53.5 Å². The van der Waals surface area contributed by atoms with E-state index in [0.29, 0.717) is 12.2 Å². The topological polar surface area (TPSA) is 66.1 Å². The summed E-state index contributed by atoms with van der Waals surface area (Å²) in [7, 11) is 0. The van der Waals surface area contributed by atoms with Crippen LogP contribution in [0.4, 0.5) is 28.9 Å². The van der Waals surface area contributed by atoms with E-state index in [4.69, 9.17) is 5.73 Å². The number of aliphatic imine (C=N–C) groups is 1. The number of piperazine rings is 1. The Bertz CT molecular complexity index is 838. The van der Waals surface area contributed by atoms with Gasteiger partial charge in [-0.3, -0.25) is 9.89 Å².